The Labute approximate surface area is 250 Å². The fourth-order valence-electron chi connectivity index (χ4n) is 5.73. The third-order valence-electron chi connectivity index (χ3n) is 7.79. The molecule has 2 aromatic carbocycles. The fourth-order valence-corrected chi connectivity index (χ4v) is 5.73. The summed E-state index contributed by atoms with van der Waals surface area (Å²) in [6.45, 7) is 7.49. The van der Waals surface area contributed by atoms with E-state index in [2.05, 4.69) is 15.6 Å². The number of benzene rings is 2. The summed E-state index contributed by atoms with van der Waals surface area (Å²) in [6.07, 6.45) is -0.357. The third-order valence-corrected chi connectivity index (χ3v) is 7.79. The first-order valence-corrected chi connectivity index (χ1v) is 14.9. The van der Waals surface area contributed by atoms with Crippen LogP contribution in [0.15, 0.2) is 41.4 Å². The van der Waals surface area contributed by atoms with Crippen LogP contribution in [0.25, 0.3) is 0 Å². The van der Waals surface area contributed by atoms with Crippen molar-refractivity contribution < 1.29 is 32.2 Å². The monoisotopic (exact) mass is 602 g/mol. The van der Waals surface area contributed by atoms with E-state index in [0.717, 1.165) is 36.8 Å². The first-order chi connectivity index (χ1) is 20.4. The molecule has 0 spiro atoms. The molecule has 4 N–H and O–H groups in total. The average molecular weight is 603 g/mol. The van der Waals surface area contributed by atoms with Crippen molar-refractivity contribution >= 4 is 17.8 Å². The van der Waals surface area contributed by atoms with Crippen molar-refractivity contribution in [1.29, 1.82) is 0 Å². The van der Waals surface area contributed by atoms with E-state index in [1.165, 1.54) is 6.07 Å². The van der Waals surface area contributed by atoms with Crippen LogP contribution in [0, 0.1) is 5.92 Å². The van der Waals surface area contributed by atoms with Crippen LogP contribution in [-0.2, 0) is 17.6 Å². The molecule has 0 saturated heterocycles. The molecule has 0 aliphatic carbocycles. The van der Waals surface area contributed by atoms with Crippen LogP contribution in [0.1, 0.15) is 92.9 Å². The van der Waals surface area contributed by atoms with Gasteiger partial charge in [0.05, 0.1) is 18.0 Å². The molecule has 0 radical (unpaired) electrons. The van der Waals surface area contributed by atoms with Crippen LogP contribution in [-0.4, -0.2) is 42.2 Å². The zero-order chi connectivity index (χ0) is 31.4. The number of alkyl halides is 3. The largest absolute Gasteiger partial charge is 0.493 e. The number of rotatable bonds is 7. The number of carbonyl (C=O) groups excluding carboxylic acids is 2. The maximum atomic E-state index is 13.3. The molecule has 0 saturated carbocycles. The van der Waals surface area contributed by atoms with Crippen molar-refractivity contribution in [2.24, 2.45) is 16.6 Å². The number of nitrogens with two attached hydrogens (primary N) is 1. The summed E-state index contributed by atoms with van der Waals surface area (Å²) in [5, 5.41) is 5.60. The van der Waals surface area contributed by atoms with E-state index >= 15 is 0 Å². The molecule has 3 heterocycles. The highest BCUT2D eigenvalue weighted by atomic mass is 19.4. The molecule has 8 nitrogen and oxygen atoms in total. The quantitative estimate of drug-likeness (QED) is 0.348. The number of nitrogens with zero attached hydrogens (tertiary/aromatic N) is 1. The van der Waals surface area contributed by atoms with Crippen molar-refractivity contribution in [3.63, 3.8) is 0 Å². The van der Waals surface area contributed by atoms with E-state index in [1.807, 2.05) is 45.9 Å². The first kappa shape index (κ1) is 32.2. The maximum Gasteiger partial charge on any atom is 0.395 e. The number of hydrogen-bond acceptors (Lipinski definition) is 6. The Morgan fingerprint density at radius 1 is 1.12 bits per heavy atom. The zero-order valence-corrected chi connectivity index (χ0v) is 25.1. The molecule has 2 amide bonds. The summed E-state index contributed by atoms with van der Waals surface area (Å²) in [4.78, 5) is 29.3. The third kappa shape index (κ3) is 8.20. The van der Waals surface area contributed by atoms with Gasteiger partial charge in [-0.2, -0.15) is 13.2 Å². The summed E-state index contributed by atoms with van der Waals surface area (Å²) >= 11 is 0. The number of hydrogen-bond donors (Lipinski definition) is 3. The zero-order valence-electron chi connectivity index (χ0n) is 25.1. The highest BCUT2D eigenvalue weighted by Gasteiger charge is 2.42. The molecule has 3 aliphatic rings. The van der Waals surface area contributed by atoms with Gasteiger partial charge >= 0.3 is 6.18 Å². The van der Waals surface area contributed by atoms with Crippen molar-refractivity contribution in [3.05, 3.63) is 58.7 Å². The van der Waals surface area contributed by atoms with Gasteiger partial charge in [0.1, 0.15) is 23.7 Å². The van der Waals surface area contributed by atoms with E-state index < -0.39 is 24.3 Å². The molecule has 2 aromatic rings. The minimum Gasteiger partial charge on any atom is -0.493 e. The van der Waals surface area contributed by atoms with Crippen LogP contribution >= 0.6 is 0 Å². The standard InChI is InChI=1S/C30H35F3N4O4.C2H6/c1-29(2)15-23(36-27(39)18-8-10-24-19(12-18)13-20(16-40-24)30(31,32)33)22-11-17(7-9-25(22)41-29)5-3-4-6-21-14-26(38)37-28(34)35-21;1-2/h7-12,20-21,23H,3-6,13-16H2,1-2H3,(H,36,39)(H3,34,35,37,38);1-2H3. The molecule has 0 bridgehead atoms. The first-order valence-electron chi connectivity index (χ1n) is 14.9. The second-order valence-electron chi connectivity index (χ2n) is 11.7. The van der Waals surface area contributed by atoms with E-state index in [1.54, 1.807) is 12.1 Å². The van der Waals surface area contributed by atoms with Crippen molar-refractivity contribution in [2.45, 2.75) is 96.5 Å². The summed E-state index contributed by atoms with van der Waals surface area (Å²) in [5.74, 6) is -0.819. The summed E-state index contributed by atoms with van der Waals surface area (Å²) in [7, 11) is 0. The van der Waals surface area contributed by atoms with Gasteiger partial charge in [-0.1, -0.05) is 32.4 Å². The summed E-state index contributed by atoms with van der Waals surface area (Å²) in [6, 6.07) is 10.2. The van der Waals surface area contributed by atoms with Gasteiger partial charge in [0.2, 0.25) is 5.91 Å². The van der Waals surface area contributed by atoms with Crippen LogP contribution in [0.4, 0.5) is 13.2 Å². The predicted octanol–water partition coefficient (Wildman–Crippen LogP) is 5.77. The number of unbranched alkanes of at least 4 members (excludes halogenated alkanes) is 1. The molecule has 5 rings (SSSR count). The molecule has 43 heavy (non-hydrogen) atoms. The normalized spacial score (nSPS) is 22.3. The summed E-state index contributed by atoms with van der Waals surface area (Å²) in [5.41, 5.74) is 7.77. The maximum absolute atomic E-state index is 13.3. The lowest BCUT2D eigenvalue weighted by atomic mass is 9.88. The van der Waals surface area contributed by atoms with Crippen molar-refractivity contribution in [3.8, 4) is 11.5 Å². The molecule has 3 aliphatic heterocycles. The molecular formula is C32H41F3N4O4. The molecule has 3 unspecified atom stereocenters. The van der Waals surface area contributed by atoms with Gasteiger partial charge in [0.25, 0.3) is 5.91 Å². The number of guanidine groups is 1. The molecule has 11 heteroatoms. The Hall–Kier alpha value is -3.76. The number of amides is 2. The van der Waals surface area contributed by atoms with Crippen molar-refractivity contribution in [2.75, 3.05) is 6.61 Å². The number of carbonyl (C=O) groups is 2. The van der Waals surface area contributed by atoms with Gasteiger partial charge in [-0.25, -0.2) is 4.99 Å². The number of fused-ring (bicyclic) bond motifs is 2. The highest BCUT2D eigenvalue weighted by Crippen LogP contribution is 2.41. The Kier molecular flexibility index (Phi) is 9.92. The van der Waals surface area contributed by atoms with Crippen LogP contribution in [0.2, 0.25) is 0 Å². The number of aryl methyl sites for hydroxylation is 1. The minimum atomic E-state index is -4.36. The molecule has 3 atom stereocenters. The van der Waals surface area contributed by atoms with E-state index in [4.69, 9.17) is 15.2 Å². The number of ether oxygens (including phenoxy) is 2. The van der Waals surface area contributed by atoms with Crippen LogP contribution < -0.4 is 25.8 Å². The second kappa shape index (κ2) is 13.3. The molecule has 0 fully saturated rings. The van der Waals surface area contributed by atoms with E-state index in [0.29, 0.717) is 29.9 Å². The highest BCUT2D eigenvalue weighted by molar-refractivity contribution is 5.98. The van der Waals surface area contributed by atoms with E-state index in [9.17, 15) is 22.8 Å². The molecule has 0 aromatic heterocycles. The summed E-state index contributed by atoms with van der Waals surface area (Å²) < 4.78 is 51.3. The van der Waals surface area contributed by atoms with Gasteiger partial charge in [0, 0.05) is 24.0 Å². The lowest BCUT2D eigenvalue weighted by Crippen LogP contribution is -2.43. The van der Waals surface area contributed by atoms with Gasteiger partial charge in [-0.05, 0) is 74.9 Å². The lowest BCUT2D eigenvalue weighted by Gasteiger charge is -2.38. The number of halogens is 3. The van der Waals surface area contributed by atoms with E-state index in [-0.39, 0.29) is 41.8 Å². The molecule has 234 valence electrons. The SMILES string of the molecule is CC.CC1(C)CC(NC(=O)c2ccc3c(c2)CC(C(F)(F)F)CO3)c2cc(CCCCC3CC(=O)NC(N)=N3)ccc2O1. The predicted molar refractivity (Wildman–Crippen MR) is 158 cm³/mol. The Balaban J connectivity index is 0.00000207. The fraction of sp³-hybridized carbons (Fsp3) is 0.531. The minimum absolute atomic E-state index is 0.1000. The topological polar surface area (TPSA) is 115 Å². The van der Waals surface area contributed by atoms with Crippen LogP contribution in [0.5, 0.6) is 11.5 Å². The Morgan fingerprint density at radius 2 is 1.86 bits per heavy atom. The van der Waals surface area contributed by atoms with Gasteiger partial charge in [0.15, 0.2) is 5.96 Å². The van der Waals surface area contributed by atoms with Gasteiger partial charge in [-0.3, -0.25) is 14.9 Å². The van der Waals surface area contributed by atoms with Crippen molar-refractivity contribution in [1.82, 2.24) is 10.6 Å². The smallest absolute Gasteiger partial charge is 0.395 e. The second-order valence-corrected chi connectivity index (χ2v) is 11.7. The number of aliphatic imine (C=N–C) groups is 1. The van der Waals surface area contributed by atoms with Gasteiger partial charge in [-0.15, -0.1) is 0 Å². The number of nitrogens with one attached hydrogen (secondary N) is 2. The van der Waals surface area contributed by atoms with Crippen LogP contribution in [0.3, 0.4) is 0 Å². The van der Waals surface area contributed by atoms with Gasteiger partial charge < -0.3 is 20.5 Å². The average Bonchev–Trinajstić information content (AvgIpc) is 2.94. The lowest BCUT2D eigenvalue weighted by molar-refractivity contribution is -0.183. The Bertz CT molecular complexity index is 1360. The Morgan fingerprint density at radius 3 is 2.58 bits per heavy atom. The molecular weight excluding hydrogens is 561 g/mol.